The fourth-order valence-corrected chi connectivity index (χ4v) is 3.27. The summed E-state index contributed by atoms with van der Waals surface area (Å²) < 4.78 is 0. The first-order valence-electron chi connectivity index (χ1n) is 9.45. The van der Waals surface area contributed by atoms with Crippen molar-refractivity contribution >= 4 is 34.1 Å². The molecule has 7 heteroatoms. The Morgan fingerprint density at radius 3 is 2.69 bits per heavy atom. The molecule has 1 aliphatic heterocycles. The number of aromatic nitrogens is 2. The van der Waals surface area contributed by atoms with Crippen molar-refractivity contribution in [3.8, 4) is 12.3 Å². The highest BCUT2D eigenvalue weighted by molar-refractivity contribution is 5.96. The van der Waals surface area contributed by atoms with E-state index in [2.05, 4.69) is 38.5 Å². The van der Waals surface area contributed by atoms with Crippen LogP contribution in [0.15, 0.2) is 48.8 Å². The van der Waals surface area contributed by atoms with Crippen LogP contribution in [0.3, 0.4) is 0 Å². The van der Waals surface area contributed by atoms with Gasteiger partial charge in [-0.15, -0.1) is 6.42 Å². The molecule has 29 heavy (non-hydrogen) atoms. The van der Waals surface area contributed by atoms with Crippen LogP contribution in [0.5, 0.6) is 0 Å². The lowest BCUT2D eigenvalue weighted by molar-refractivity contribution is 0.164. The highest BCUT2D eigenvalue weighted by Crippen LogP contribution is 2.26. The maximum Gasteiger partial charge on any atom is 0.321 e. The zero-order valence-corrected chi connectivity index (χ0v) is 16.2. The summed E-state index contributed by atoms with van der Waals surface area (Å²) in [4.78, 5) is 25.3. The molecular weight excluding hydrogens is 364 g/mol. The smallest absolute Gasteiger partial charge is 0.321 e. The van der Waals surface area contributed by atoms with Crippen LogP contribution in [-0.2, 0) is 0 Å². The van der Waals surface area contributed by atoms with Crippen molar-refractivity contribution in [1.82, 2.24) is 19.8 Å². The number of likely N-dealkylation sites (N-methyl/N-ethyl adjacent to an activating group) is 1. The fourth-order valence-electron chi connectivity index (χ4n) is 3.27. The molecule has 0 radical (unpaired) electrons. The summed E-state index contributed by atoms with van der Waals surface area (Å²) in [5.41, 5.74) is 3.12. The van der Waals surface area contributed by atoms with E-state index >= 15 is 0 Å². The highest BCUT2D eigenvalue weighted by Gasteiger charge is 2.19. The van der Waals surface area contributed by atoms with Crippen molar-refractivity contribution in [2.24, 2.45) is 0 Å². The van der Waals surface area contributed by atoms with Gasteiger partial charge >= 0.3 is 6.03 Å². The number of amides is 2. The van der Waals surface area contributed by atoms with E-state index in [1.54, 1.807) is 0 Å². The monoisotopic (exact) mass is 386 g/mol. The highest BCUT2D eigenvalue weighted by atomic mass is 16.2. The lowest BCUT2D eigenvalue weighted by atomic mass is 10.2. The maximum atomic E-state index is 12.6. The summed E-state index contributed by atoms with van der Waals surface area (Å²) in [5, 5.41) is 7.10. The van der Waals surface area contributed by atoms with E-state index in [9.17, 15) is 4.79 Å². The summed E-state index contributed by atoms with van der Waals surface area (Å²) in [6.07, 6.45) is 7.00. The Kier molecular flexibility index (Phi) is 5.27. The van der Waals surface area contributed by atoms with Crippen LogP contribution in [0, 0.1) is 12.3 Å². The predicted octanol–water partition coefficient (Wildman–Crippen LogP) is 3.13. The first-order valence-corrected chi connectivity index (χ1v) is 9.45. The molecule has 0 aliphatic carbocycles. The number of anilines is 3. The van der Waals surface area contributed by atoms with Crippen LogP contribution in [0.2, 0.25) is 0 Å². The molecule has 2 amide bonds. The third-order valence-electron chi connectivity index (χ3n) is 4.97. The van der Waals surface area contributed by atoms with E-state index in [1.807, 2.05) is 47.4 Å². The van der Waals surface area contributed by atoms with Gasteiger partial charge in [-0.05, 0) is 43.4 Å². The van der Waals surface area contributed by atoms with Gasteiger partial charge in [-0.3, -0.25) is 0 Å². The van der Waals surface area contributed by atoms with Crippen molar-refractivity contribution in [2.45, 2.75) is 0 Å². The number of hydrogen-bond donors (Lipinski definition) is 2. The first-order chi connectivity index (χ1) is 14.1. The molecule has 3 aromatic rings. The summed E-state index contributed by atoms with van der Waals surface area (Å²) in [6, 6.07) is 13.1. The lowest BCUT2D eigenvalue weighted by Gasteiger charge is -2.32. The number of urea groups is 1. The van der Waals surface area contributed by atoms with Crippen molar-refractivity contribution in [2.75, 3.05) is 43.9 Å². The molecular formula is C22H22N6O. The quantitative estimate of drug-likeness (QED) is 0.677. The molecule has 0 unspecified atom stereocenters. The molecule has 1 aliphatic rings. The second-order valence-electron chi connectivity index (χ2n) is 7.02. The zero-order chi connectivity index (χ0) is 20.2. The Balaban J connectivity index is 1.57. The Bertz CT molecular complexity index is 1080. The van der Waals surface area contributed by atoms with Crippen LogP contribution in [-0.4, -0.2) is 59.0 Å². The zero-order valence-electron chi connectivity index (χ0n) is 16.2. The largest absolute Gasteiger partial charge is 0.340 e. The van der Waals surface area contributed by atoms with Crippen LogP contribution in [0.1, 0.15) is 5.56 Å². The van der Waals surface area contributed by atoms with E-state index < -0.39 is 0 Å². The molecule has 2 N–H and O–H groups in total. The van der Waals surface area contributed by atoms with Crippen molar-refractivity contribution in [3.05, 3.63) is 54.4 Å². The molecule has 1 aromatic heterocycles. The van der Waals surface area contributed by atoms with E-state index in [0.717, 1.165) is 48.3 Å². The number of hydrogen-bond acceptors (Lipinski definition) is 5. The van der Waals surface area contributed by atoms with Crippen molar-refractivity contribution in [1.29, 1.82) is 0 Å². The van der Waals surface area contributed by atoms with Crippen LogP contribution >= 0.6 is 0 Å². The molecule has 0 bridgehead atoms. The average Bonchev–Trinajstić information content (AvgIpc) is 2.75. The van der Waals surface area contributed by atoms with Gasteiger partial charge in [0.15, 0.2) is 0 Å². The maximum absolute atomic E-state index is 12.6. The minimum absolute atomic E-state index is 0.0921. The topological polar surface area (TPSA) is 73.4 Å². The number of rotatable bonds is 3. The van der Waals surface area contributed by atoms with Gasteiger partial charge in [0, 0.05) is 48.5 Å². The van der Waals surface area contributed by atoms with Crippen LogP contribution < -0.4 is 10.6 Å². The van der Waals surface area contributed by atoms with E-state index in [4.69, 9.17) is 6.42 Å². The number of piperazine rings is 1. The second-order valence-corrected chi connectivity index (χ2v) is 7.02. The van der Waals surface area contributed by atoms with E-state index in [1.165, 1.54) is 6.33 Å². The van der Waals surface area contributed by atoms with Gasteiger partial charge in [0.25, 0.3) is 0 Å². The minimum atomic E-state index is -0.0921. The van der Waals surface area contributed by atoms with Crippen LogP contribution in [0.4, 0.5) is 22.0 Å². The second kappa shape index (κ2) is 8.17. The van der Waals surface area contributed by atoms with E-state index in [0.29, 0.717) is 11.5 Å². The molecule has 4 rings (SSSR count). The standard InChI is InChI=1S/C22H22N6O/c1-3-16-5-4-6-17(13-16)25-21-19-14-18(7-8-20(19)23-15-24-21)26-22(29)28-11-9-27(2)10-12-28/h1,4-8,13-15H,9-12H2,2H3,(H,26,29)(H,23,24,25). The lowest BCUT2D eigenvalue weighted by Crippen LogP contribution is -2.48. The predicted molar refractivity (Wildman–Crippen MR) is 115 cm³/mol. The summed E-state index contributed by atoms with van der Waals surface area (Å²) in [7, 11) is 2.06. The third-order valence-corrected chi connectivity index (χ3v) is 4.97. The molecule has 0 saturated carbocycles. The van der Waals surface area contributed by atoms with Gasteiger partial charge in [0.05, 0.1) is 5.52 Å². The van der Waals surface area contributed by atoms with Gasteiger partial charge in [0.1, 0.15) is 12.1 Å². The normalized spacial score (nSPS) is 14.4. The average molecular weight is 386 g/mol. The van der Waals surface area contributed by atoms with Crippen LogP contribution in [0.25, 0.3) is 10.9 Å². The molecule has 146 valence electrons. The fraction of sp³-hybridized carbons (Fsp3) is 0.227. The first kappa shape index (κ1) is 18.7. The number of fused-ring (bicyclic) bond motifs is 1. The number of nitrogens with zero attached hydrogens (tertiary/aromatic N) is 4. The molecule has 1 saturated heterocycles. The van der Waals surface area contributed by atoms with Gasteiger partial charge in [0.2, 0.25) is 0 Å². The van der Waals surface area contributed by atoms with Gasteiger partial charge in [-0.1, -0.05) is 12.0 Å². The summed E-state index contributed by atoms with van der Waals surface area (Å²) in [5.74, 6) is 3.28. The summed E-state index contributed by atoms with van der Waals surface area (Å²) >= 11 is 0. The Morgan fingerprint density at radius 2 is 1.90 bits per heavy atom. The number of benzene rings is 2. The Morgan fingerprint density at radius 1 is 1.07 bits per heavy atom. The Labute approximate surface area is 169 Å². The van der Waals surface area contributed by atoms with Gasteiger partial charge < -0.3 is 20.4 Å². The third kappa shape index (κ3) is 4.28. The molecule has 0 atom stereocenters. The van der Waals surface area contributed by atoms with Crippen molar-refractivity contribution in [3.63, 3.8) is 0 Å². The number of nitrogens with one attached hydrogen (secondary N) is 2. The molecule has 1 fully saturated rings. The van der Waals surface area contributed by atoms with Gasteiger partial charge in [-0.25, -0.2) is 14.8 Å². The number of terminal acetylenes is 1. The minimum Gasteiger partial charge on any atom is -0.340 e. The molecule has 7 nitrogen and oxygen atoms in total. The molecule has 0 spiro atoms. The van der Waals surface area contributed by atoms with E-state index in [-0.39, 0.29) is 6.03 Å². The molecule has 2 heterocycles. The Hall–Kier alpha value is -3.63. The summed E-state index contributed by atoms with van der Waals surface area (Å²) in [6.45, 7) is 3.20. The SMILES string of the molecule is C#Cc1cccc(Nc2ncnc3ccc(NC(=O)N4CCN(C)CC4)cc23)c1. The number of carbonyl (C=O) groups is 1. The van der Waals surface area contributed by atoms with Gasteiger partial charge in [-0.2, -0.15) is 0 Å². The molecule has 2 aromatic carbocycles. The van der Waals surface area contributed by atoms with Crippen molar-refractivity contribution < 1.29 is 4.79 Å². The number of carbonyl (C=O) groups excluding carboxylic acids is 1.